The molecule has 0 spiro atoms. The maximum atomic E-state index is 17.2. The average molecular weight is 800 g/mol. The second kappa shape index (κ2) is 14.7. The van der Waals surface area contributed by atoms with Gasteiger partial charge in [-0.05, 0) is 84.5 Å². The van der Waals surface area contributed by atoms with Gasteiger partial charge in [0, 0.05) is 43.6 Å². The van der Waals surface area contributed by atoms with Crippen LogP contribution in [0.4, 0.5) is 23.4 Å². The van der Waals surface area contributed by atoms with Gasteiger partial charge in [0.25, 0.3) is 0 Å². The van der Waals surface area contributed by atoms with Crippen LogP contribution in [0.2, 0.25) is 0 Å². The van der Waals surface area contributed by atoms with Gasteiger partial charge in [-0.25, -0.2) is 26.7 Å². The smallest absolute Gasteiger partial charge is 0.467 e. The highest BCUT2D eigenvalue weighted by molar-refractivity contribution is 7.48. The first kappa shape index (κ1) is 40.1. The summed E-state index contributed by atoms with van der Waals surface area (Å²) < 4.78 is 104. The summed E-state index contributed by atoms with van der Waals surface area (Å²) in [4.78, 5) is 17.2. The number of halogens is 4. The number of ether oxygens (including phenoxy) is 2. The number of anilines is 1. The minimum Gasteiger partial charge on any atom is -0.467 e. The van der Waals surface area contributed by atoms with Crippen LogP contribution in [0.25, 0.3) is 32.9 Å². The number of phosphoric acid groups is 1. The molecule has 11 nitrogen and oxygen atoms in total. The Morgan fingerprint density at radius 2 is 1.79 bits per heavy atom. The number of fused-ring (bicyclic) bond motifs is 3. The highest BCUT2D eigenvalue weighted by Crippen LogP contribution is 2.55. The Morgan fingerprint density at radius 3 is 2.45 bits per heavy atom. The molecule has 56 heavy (non-hydrogen) atoms. The van der Waals surface area contributed by atoms with Crippen molar-refractivity contribution < 1.29 is 45.2 Å². The third-order valence-electron chi connectivity index (χ3n) is 10.0. The molecule has 7 rings (SSSR count). The molecule has 2 aromatic carbocycles. The molecule has 2 aromatic heterocycles. The lowest BCUT2D eigenvalue weighted by atomic mass is 9.95. The fourth-order valence-electron chi connectivity index (χ4n) is 7.63. The predicted octanol–water partition coefficient (Wildman–Crippen LogP) is 8.70. The first-order chi connectivity index (χ1) is 26.3. The van der Waals surface area contributed by atoms with Crippen LogP contribution in [0.3, 0.4) is 0 Å². The van der Waals surface area contributed by atoms with E-state index in [4.69, 9.17) is 29.5 Å². The van der Waals surface area contributed by atoms with E-state index in [-0.39, 0.29) is 63.7 Å². The van der Waals surface area contributed by atoms with Crippen molar-refractivity contribution in [3.8, 4) is 35.4 Å². The Balaban J connectivity index is 1.30. The lowest BCUT2D eigenvalue weighted by molar-refractivity contribution is -0.0188. The maximum absolute atomic E-state index is 17.2. The van der Waals surface area contributed by atoms with Crippen molar-refractivity contribution in [1.82, 2.24) is 19.9 Å². The zero-order valence-electron chi connectivity index (χ0n) is 32.5. The van der Waals surface area contributed by atoms with Gasteiger partial charge in [-0.2, -0.15) is 9.97 Å². The molecule has 3 fully saturated rings. The largest absolute Gasteiger partial charge is 0.478 e. The lowest BCUT2D eigenvalue weighted by Crippen LogP contribution is -2.43. The van der Waals surface area contributed by atoms with Crippen LogP contribution in [0.5, 0.6) is 11.8 Å². The molecule has 0 radical (unpaired) electrons. The van der Waals surface area contributed by atoms with Crippen molar-refractivity contribution in [3.05, 3.63) is 47.7 Å². The van der Waals surface area contributed by atoms with Gasteiger partial charge < -0.3 is 14.4 Å². The van der Waals surface area contributed by atoms with Crippen molar-refractivity contribution in [2.75, 3.05) is 38.4 Å². The summed E-state index contributed by atoms with van der Waals surface area (Å²) >= 11 is 0. The Hall–Kier alpha value is -4.06. The fourth-order valence-corrected chi connectivity index (χ4v) is 9.29. The van der Waals surface area contributed by atoms with Crippen LogP contribution in [-0.2, 0) is 18.1 Å². The van der Waals surface area contributed by atoms with Crippen LogP contribution < -0.4 is 14.4 Å². The monoisotopic (exact) mass is 799 g/mol. The Morgan fingerprint density at radius 1 is 1.07 bits per heavy atom. The Kier molecular flexibility index (Phi) is 10.5. The van der Waals surface area contributed by atoms with Gasteiger partial charge in [-0.15, -0.1) is 6.42 Å². The molecule has 16 heteroatoms. The van der Waals surface area contributed by atoms with E-state index < -0.39 is 61.4 Å². The van der Waals surface area contributed by atoms with Gasteiger partial charge in [0.15, 0.2) is 12.6 Å². The molecule has 2 aliphatic heterocycles. The first-order valence-corrected chi connectivity index (χ1v) is 20.0. The standard InChI is InChI=1S/C40H46F4N5O6P/c1-9-26-29(42)12-11-23-15-25(52-22-53-56(50,54-38(2,3)4)55-39(5,6)7)16-27(32(23)26)34-33(44)35-28(19-45-34)36(48(8)31-17-30(31)43)47-37(46-35)51-21-40-13-10-14-49(40)20-24(41)18-40/h1,11-12,15-16,19,24,30-31H,10,13-14,17-18,20-22H2,2-8H3/t24-,30+,31+,40+/m1/s1. The number of nitrogens with zero attached hydrogens (tertiary/aromatic N) is 5. The normalized spacial score (nSPS) is 22.7. The molecule has 4 atom stereocenters. The zero-order chi connectivity index (χ0) is 40.4. The minimum absolute atomic E-state index is 0.0619. The van der Waals surface area contributed by atoms with Gasteiger partial charge in [0.05, 0.1) is 33.7 Å². The second-order valence-corrected chi connectivity index (χ2v) is 18.2. The molecule has 1 aliphatic carbocycles. The van der Waals surface area contributed by atoms with Crippen LogP contribution in [-0.4, -0.2) is 88.5 Å². The highest BCUT2D eigenvalue weighted by Gasteiger charge is 2.49. The molecular formula is C40H46F4N5O6P. The van der Waals surface area contributed by atoms with Crippen molar-refractivity contribution in [2.24, 2.45) is 0 Å². The quantitative estimate of drug-likeness (QED) is 0.0595. The van der Waals surface area contributed by atoms with Crippen LogP contribution >= 0.6 is 7.82 Å². The summed E-state index contributed by atoms with van der Waals surface area (Å²) in [6, 6.07) is 4.94. The third kappa shape index (κ3) is 8.18. The van der Waals surface area contributed by atoms with Crippen LogP contribution in [0.15, 0.2) is 30.5 Å². The lowest BCUT2D eigenvalue weighted by Gasteiger charge is -2.31. The second-order valence-electron chi connectivity index (χ2n) is 16.7. The molecule has 1 saturated carbocycles. The number of aromatic nitrogens is 3. The molecule has 300 valence electrons. The summed E-state index contributed by atoms with van der Waals surface area (Å²) in [5.74, 6) is 1.06. The molecule has 3 aliphatic rings. The van der Waals surface area contributed by atoms with Crippen molar-refractivity contribution in [1.29, 1.82) is 0 Å². The van der Waals surface area contributed by atoms with E-state index in [2.05, 4.69) is 25.8 Å². The van der Waals surface area contributed by atoms with E-state index in [1.807, 2.05) is 0 Å². The van der Waals surface area contributed by atoms with Gasteiger partial charge in [-0.1, -0.05) is 12.0 Å². The Bertz CT molecular complexity index is 2240. The Labute approximate surface area is 323 Å². The summed E-state index contributed by atoms with van der Waals surface area (Å²) in [5, 5.41) is 0.742. The number of rotatable bonds is 12. The summed E-state index contributed by atoms with van der Waals surface area (Å²) in [7, 11) is -2.51. The van der Waals surface area contributed by atoms with Gasteiger partial charge in [0.1, 0.15) is 47.5 Å². The number of phosphoric ester groups is 1. The number of hydrogen-bond donors (Lipinski definition) is 0. The van der Waals surface area contributed by atoms with E-state index in [1.165, 1.54) is 24.4 Å². The van der Waals surface area contributed by atoms with Gasteiger partial charge in [-0.3, -0.25) is 18.9 Å². The van der Waals surface area contributed by atoms with Crippen molar-refractivity contribution in [2.45, 2.75) is 102 Å². The molecule has 2 saturated heterocycles. The van der Waals surface area contributed by atoms with E-state index in [0.717, 1.165) is 19.4 Å². The molecular weight excluding hydrogens is 753 g/mol. The highest BCUT2D eigenvalue weighted by atomic mass is 31.2. The molecule has 4 aromatic rings. The average Bonchev–Trinajstić information content (AvgIpc) is 3.58. The summed E-state index contributed by atoms with van der Waals surface area (Å²) in [5.41, 5.74) is -2.84. The van der Waals surface area contributed by atoms with Crippen molar-refractivity contribution in [3.63, 3.8) is 0 Å². The van der Waals surface area contributed by atoms with Crippen LogP contribution in [0, 0.1) is 24.0 Å². The molecule has 0 N–H and O–H groups in total. The molecule has 0 amide bonds. The maximum Gasteiger partial charge on any atom is 0.478 e. The SMILES string of the molecule is C#Cc1c(F)ccc2cc(OCOP(=O)(OC(C)(C)C)OC(C)(C)C)cc(-c3ncc4c(N(C)[C@H]5C[C@@H]5F)nc(OC[C@@]56CCCN5C[C@H](F)C6)nc4c3F)c12. The molecule has 4 heterocycles. The number of pyridine rings is 1. The van der Waals surface area contributed by atoms with Gasteiger partial charge in [0.2, 0.25) is 0 Å². The first-order valence-electron chi connectivity index (χ1n) is 18.6. The summed E-state index contributed by atoms with van der Waals surface area (Å²) in [6.45, 7) is 10.7. The number of terminal acetylenes is 1. The van der Waals surface area contributed by atoms with E-state index in [1.54, 1.807) is 59.6 Å². The predicted molar refractivity (Wildman–Crippen MR) is 204 cm³/mol. The van der Waals surface area contributed by atoms with Crippen LogP contribution in [0.1, 0.15) is 72.8 Å². The zero-order valence-corrected chi connectivity index (χ0v) is 33.4. The number of hydrogen-bond acceptors (Lipinski definition) is 11. The summed E-state index contributed by atoms with van der Waals surface area (Å²) in [6.07, 6.45) is 7.27. The third-order valence-corrected chi connectivity index (χ3v) is 12.0. The van der Waals surface area contributed by atoms with E-state index in [0.29, 0.717) is 18.4 Å². The number of alkyl halides is 2. The minimum atomic E-state index is -4.17. The van der Waals surface area contributed by atoms with E-state index >= 15 is 8.78 Å². The number of benzene rings is 2. The van der Waals surface area contributed by atoms with Gasteiger partial charge >= 0.3 is 13.8 Å². The van der Waals surface area contributed by atoms with E-state index in [9.17, 15) is 13.3 Å². The molecule has 0 unspecified atom stereocenters. The molecule has 0 bridgehead atoms. The topological polar surface area (TPSA) is 108 Å². The van der Waals surface area contributed by atoms with Crippen molar-refractivity contribution >= 4 is 35.3 Å². The fraction of sp³-hybridized carbons (Fsp3) is 0.525.